The first-order chi connectivity index (χ1) is 18.2. The van der Waals surface area contributed by atoms with Crippen molar-refractivity contribution in [3.05, 3.63) is 109 Å². The Kier molecular flexibility index (Phi) is 9.31. The highest BCUT2D eigenvalue weighted by atomic mass is 28.4. The molecule has 3 rings (SSSR count). The first-order valence-electron chi connectivity index (χ1n) is 13.4. The van der Waals surface area contributed by atoms with Crippen molar-refractivity contribution in [2.24, 2.45) is 0 Å². The molecular formula is C32H43NO4Si2. The topological polar surface area (TPSA) is 48.0 Å². The Hall–Kier alpha value is -3.14. The second-order valence-electron chi connectivity index (χ2n) is 12.3. The Morgan fingerprint density at radius 3 is 1.59 bits per heavy atom. The summed E-state index contributed by atoms with van der Waals surface area (Å²) >= 11 is 0. The van der Waals surface area contributed by atoms with Crippen molar-refractivity contribution >= 4 is 33.1 Å². The Morgan fingerprint density at radius 2 is 1.18 bits per heavy atom. The van der Waals surface area contributed by atoms with E-state index < -0.39 is 22.7 Å². The van der Waals surface area contributed by atoms with Gasteiger partial charge in [-0.2, -0.15) is 0 Å². The fourth-order valence-electron chi connectivity index (χ4n) is 4.21. The molecule has 0 spiro atoms. The molecule has 0 aliphatic rings. The quantitative estimate of drug-likeness (QED) is 0.153. The molecule has 0 fully saturated rings. The number of ether oxygens (including phenoxy) is 1. The zero-order chi connectivity index (χ0) is 28.9. The molecule has 0 radical (unpaired) electrons. The highest BCUT2D eigenvalue weighted by Crippen LogP contribution is 2.41. The number of amides is 1. The van der Waals surface area contributed by atoms with E-state index in [-0.39, 0.29) is 22.6 Å². The minimum Gasteiger partial charge on any atom is -0.531 e. The lowest BCUT2D eigenvalue weighted by Crippen LogP contribution is -2.69. The molecule has 1 amide bonds. The van der Waals surface area contributed by atoms with Crippen LogP contribution in [0.2, 0.25) is 23.2 Å². The Labute approximate surface area is 236 Å². The van der Waals surface area contributed by atoms with Crippen LogP contribution >= 0.6 is 0 Å². The first kappa shape index (κ1) is 30.4. The summed E-state index contributed by atoms with van der Waals surface area (Å²) in [6.07, 6.45) is -0.657. The van der Waals surface area contributed by atoms with Gasteiger partial charge in [-0.05, 0) is 45.7 Å². The molecule has 39 heavy (non-hydrogen) atoms. The van der Waals surface area contributed by atoms with Gasteiger partial charge in [0.05, 0.1) is 0 Å². The van der Waals surface area contributed by atoms with Crippen molar-refractivity contribution in [3.63, 3.8) is 0 Å². The Bertz CT molecular complexity index is 1190. The SMILES string of the molecule is C=C(O[Si](C)(C)C(C)(C)C)N(O[Si](c1ccccc1)(c1ccccc1)C(C)(C)C)C(=O)OCc1ccccc1. The van der Waals surface area contributed by atoms with Crippen molar-refractivity contribution in [1.29, 1.82) is 0 Å². The van der Waals surface area contributed by atoms with E-state index in [1.807, 2.05) is 66.7 Å². The van der Waals surface area contributed by atoms with Crippen LogP contribution in [-0.2, 0) is 20.3 Å². The standard InChI is InChI=1S/C32H43NO4Si2/c1-26(36-38(8,9)31(2,3)4)33(30(34)35-25-27-19-13-10-14-20-27)37-39(32(5,6)7,28-21-15-11-16-22-28)29-23-17-12-18-24-29/h10-24H,1,25H2,2-9H3. The van der Waals surface area contributed by atoms with E-state index in [4.69, 9.17) is 13.7 Å². The van der Waals surface area contributed by atoms with Crippen LogP contribution < -0.4 is 10.4 Å². The molecule has 0 atom stereocenters. The van der Waals surface area contributed by atoms with Crippen molar-refractivity contribution in [3.8, 4) is 0 Å². The van der Waals surface area contributed by atoms with Gasteiger partial charge >= 0.3 is 6.09 Å². The molecule has 3 aromatic carbocycles. The van der Waals surface area contributed by atoms with Gasteiger partial charge in [0.1, 0.15) is 6.61 Å². The molecule has 0 N–H and O–H groups in total. The van der Waals surface area contributed by atoms with Gasteiger partial charge in [0.25, 0.3) is 16.6 Å². The minimum absolute atomic E-state index is 0.104. The number of nitrogens with zero attached hydrogens (tertiary/aromatic N) is 1. The van der Waals surface area contributed by atoms with Crippen LogP contribution in [0.1, 0.15) is 47.1 Å². The number of hydrogen-bond donors (Lipinski definition) is 0. The van der Waals surface area contributed by atoms with E-state index in [1.54, 1.807) is 0 Å². The van der Waals surface area contributed by atoms with Gasteiger partial charge in [0.2, 0.25) is 5.88 Å². The maximum Gasteiger partial charge on any atom is 0.440 e. The number of benzene rings is 3. The summed E-state index contributed by atoms with van der Waals surface area (Å²) in [5.74, 6) is 0.146. The molecule has 208 valence electrons. The van der Waals surface area contributed by atoms with Crippen LogP contribution in [0, 0.1) is 0 Å². The molecule has 7 heteroatoms. The maximum absolute atomic E-state index is 13.8. The van der Waals surface area contributed by atoms with Crippen LogP contribution in [0.25, 0.3) is 0 Å². The molecule has 0 unspecified atom stereocenters. The molecule has 0 aliphatic carbocycles. The number of hydrogen-bond acceptors (Lipinski definition) is 4. The van der Waals surface area contributed by atoms with E-state index in [0.29, 0.717) is 0 Å². The summed E-state index contributed by atoms with van der Waals surface area (Å²) in [6, 6.07) is 29.9. The van der Waals surface area contributed by atoms with Gasteiger partial charge in [-0.25, -0.2) is 4.79 Å². The van der Waals surface area contributed by atoms with Gasteiger partial charge in [0.15, 0.2) is 0 Å². The molecule has 3 aromatic rings. The Morgan fingerprint density at radius 1 is 0.744 bits per heavy atom. The van der Waals surface area contributed by atoms with Gasteiger partial charge < -0.3 is 9.16 Å². The normalized spacial score (nSPS) is 12.5. The minimum atomic E-state index is -3.17. The molecule has 5 nitrogen and oxygen atoms in total. The number of carbonyl (C=O) groups is 1. The zero-order valence-corrected chi connectivity index (χ0v) is 26.7. The first-order valence-corrected chi connectivity index (χ1v) is 18.2. The summed E-state index contributed by atoms with van der Waals surface area (Å²) in [4.78, 5) is 13.8. The van der Waals surface area contributed by atoms with Crippen LogP contribution in [0.4, 0.5) is 4.79 Å². The molecule has 0 bridgehead atoms. The maximum atomic E-state index is 13.8. The molecule has 0 aromatic heterocycles. The van der Waals surface area contributed by atoms with Crippen molar-refractivity contribution in [1.82, 2.24) is 5.06 Å². The largest absolute Gasteiger partial charge is 0.531 e. The van der Waals surface area contributed by atoms with E-state index in [1.165, 1.54) is 5.06 Å². The predicted octanol–water partition coefficient (Wildman–Crippen LogP) is 7.61. The second-order valence-corrected chi connectivity index (χ2v) is 21.3. The highest BCUT2D eigenvalue weighted by molar-refractivity contribution is 6.99. The number of hydroxylamine groups is 2. The van der Waals surface area contributed by atoms with Crippen LogP contribution in [0.15, 0.2) is 103 Å². The monoisotopic (exact) mass is 561 g/mol. The highest BCUT2D eigenvalue weighted by Gasteiger charge is 2.54. The lowest BCUT2D eigenvalue weighted by molar-refractivity contribution is -0.0591. The summed E-state index contributed by atoms with van der Waals surface area (Å²) < 4.78 is 19.4. The van der Waals surface area contributed by atoms with Crippen molar-refractivity contribution in [2.45, 2.75) is 71.3 Å². The zero-order valence-electron chi connectivity index (χ0n) is 24.7. The second kappa shape index (κ2) is 11.9. The van der Waals surface area contributed by atoms with Crippen molar-refractivity contribution in [2.75, 3.05) is 0 Å². The fraction of sp³-hybridized carbons (Fsp3) is 0.344. The molecule has 0 saturated heterocycles. The summed E-state index contributed by atoms with van der Waals surface area (Å²) in [5, 5.41) is 2.77. The third-order valence-corrected chi connectivity index (χ3v) is 16.6. The summed E-state index contributed by atoms with van der Waals surface area (Å²) in [7, 11) is -5.52. The van der Waals surface area contributed by atoms with Gasteiger partial charge in [-0.3, -0.25) is 4.53 Å². The third-order valence-electron chi connectivity index (χ3n) is 7.42. The number of carbonyl (C=O) groups excluding carboxylic acids is 1. The lowest BCUT2D eigenvalue weighted by Gasteiger charge is -2.45. The van der Waals surface area contributed by atoms with Gasteiger partial charge in [-0.15, -0.1) is 5.06 Å². The smallest absolute Gasteiger partial charge is 0.440 e. The van der Waals surface area contributed by atoms with E-state index in [2.05, 4.69) is 85.5 Å². The predicted molar refractivity (Wildman–Crippen MR) is 165 cm³/mol. The fourth-order valence-corrected chi connectivity index (χ4v) is 9.52. The van der Waals surface area contributed by atoms with Crippen LogP contribution in [-0.4, -0.2) is 27.8 Å². The van der Waals surface area contributed by atoms with Gasteiger partial charge in [0, 0.05) is 0 Å². The van der Waals surface area contributed by atoms with Crippen LogP contribution in [0.3, 0.4) is 0 Å². The molecule has 0 aliphatic heterocycles. The molecule has 0 heterocycles. The summed E-state index contributed by atoms with van der Waals surface area (Å²) in [5.41, 5.74) is 0.882. The van der Waals surface area contributed by atoms with E-state index >= 15 is 0 Å². The van der Waals surface area contributed by atoms with Gasteiger partial charge in [-0.1, -0.05) is 133 Å². The van der Waals surface area contributed by atoms with Crippen LogP contribution in [0.5, 0.6) is 0 Å². The van der Waals surface area contributed by atoms with Crippen molar-refractivity contribution < 1.29 is 18.5 Å². The average Bonchev–Trinajstić information content (AvgIpc) is 2.88. The summed E-state index contributed by atoms with van der Waals surface area (Å²) in [6.45, 7) is 21.5. The van der Waals surface area contributed by atoms with E-state index in [9.17, 15) is 4.79 Å². The lowest BCUT2D eigenvalue weighted by atomic mass is 10.2. The molecular weight excluding hydrogens is 519 g/mol. The molecule has 0 saturated carbocycles. The third kappa shape index (κ3) is 6.90. The van der Waals surface area contributed by atoms with E-state index in [0.717, 1.165) is 15.9 Å². The Balaban J connectivity index is 2.13. The average molecular weight is 562 g/mol. The number of rotatable bonds is 9.